The number of hydrogen-bond donors (Lipinski definition) is 2. The molecule has 120 valence electrons. The van der Waals surface area contributed by atoms with Crippen molar-refractivity contribution in [2.45, 2.75) is 59.9 Å². The maximum Gasteiger partial charge on any atom is 0.191 e. The van der Waals surface area contributed by atoms with Gasteiger partial charge in [0, 0.05) is 18.0 Å². The summed E-state index contributed by atoms with van der Waals surface area (Å²) in [5, 5.41) is 6.81. The molecule has 1 aromatic heterocycles. The molecule has 21 heavy (non-hydrogen) atoms. The van der Waals surface area contributed by atoms with Crippen LogP contribution in [-0.4, -0.2) is 24.0 Å². The predicted octanol–water partition coefficient (Wildman–Crippen LogP) is 3.72. The highest BCUT2D eigenvalue weighted by Crippen LogP contribution is 2.13. The monoisotopic (exact) mass is 310 g/mol. The molecule has 0 aromatic carbocycles. The van der Waals surface area contributed by atoms with Gasteiger partial charge in [-0.2, -0.15) is 0 Å². The Morgan fingerprint density at radius 3 is 2.71 bits per heavy atom. The number of guanidine groups is 1. The summed E-state index contributed by atoms with van der Waals surface area (Å²) in [6.45, 7) is 11.3. The molecule has 0 saturated carbocycles. The third-order valence-corrected chi connectivity index (χ3v) is 4.59. The Hall–Kier alpha value is -1.10. The fraction of sp³-hybridized carbons (Fsp3) is 0.750. The van der Waals surface area contributed by atoms with Crippen molar-refractivity contribution >= 4 is 17.3 Å². The van der Waals surface area contributed by atoms with Crippen molar-refractivity contribution in [1.82, 2.24) is 15.6 Å². The number of unbranched alkanes of at least 4 members (excludes halogenated alkanes) is 1. The molecule has 0 amide bonds. The maximum absolute atomic E-state index is 4.67. The van der Waals surface area contributed by atoms with Gasteiger partial charge in [-0.3, -0.25) is 0 Å². The van der Waals surface area contributed by atoms with Crippen LogP contribution in [0.25, 0.3) is 0 Å². The molecule has 1 rings (SSSR count). The van der Waals surface area contributed by atoms with Gasteiger partial charge >= 0.3 is 0 Å². The van der Waals surface area contributed by atoms with E-state index in [0.717, 1.165) is 30.7 Å². The lowest BCUT2D eigenvalue weighted by Crippen LogP contribution is -2.39. The van der Waals surface area contributed by atoms with Gasteiger partial charge < -0.3 is 10.6 Å². The van der Waals surface area contributed by atoms with E-state index < -0.39 is 0 Å². The van der Waals surface area contributed by atoms with Crippen LogP contribution < -0.4 is 10.6 Å². The number of nitrogens with one attached hydrogen (secondary N) is 2. The summed E-state index contributed by atoms with van der Waals surface area (Å²) < 4.78 is 0. The largest absolute Gasteiger partial charge is 0.357 e. The Balaban J connectivity index is 2.50. The van der Waals surface area contributed by atoms with E-state index in [1.165, 1.54) is 30.6 Å². The molecule has 5 heteroatoms. The van der Waals surface area contributed by atoms with Gasteiger partial charge in [0.25, 0.3) is 0 Å². The second-order valence-corrected chi connectivity index (χ2v) is 6.29. The Morgan fingerprint density at radius 1 is 1.33 bits per heavy atom. The van der Waals surface area contributed by atoms with Gasteiger partial charge in [0.1, 0.15) is 0 Å². The van der Waals surface area contributed by atoms with Gasteiger partial charge in [-0.05, 0) is 26.2 Å². The van der Waals surface area contributed by atoms with E-state index in [-0.39, 0.29) is 0 Å². The van der Waals surface area contributed by atoms with Crippen LogP contribution >= 0.6 is 11.3 Å². The van der Waals surface area contributed by atoms with Crippen LogP contribution in [0, 0.1) is 12.8 Å². The van der Waals surface area contributed by atoms with Crippen molar-refractivity contribution in [2.75, 3.05) is 13.1 Å². The maximum atomic E-state index is 4.67. The van der Waals surface area contributed by atoms with E-state index in [0.29, 0.717) is 6.54 Å². The molecule has 0 bridgehead atoms. The highest BCUT2D eigenvalue weighted by molar-refractivity contribution is 7.09. The Morgan fingerprint density at radius 2 is 2.14 bits per heavy atom. The van der Waals surface area contributed by atoms with E-state index >= 15 is 0 Å². The van der Waals surface area contributed by atoms with Gasteiger partial charge in [0.15, 0.2) is 5.96 Å². The molecular formula is C16H30N4S. The van der Waals surface area contributed by atoms with Crippen molar-refractivity contribution in [2.24, 2.45) is 10.9 Å². The van der Waals surface area contributed by atoms with E-state index in [9.17, 15) is 0 Å². The molecule has 4 nitrogen and oxygen atoms in total. The third-order valence-electron chi connectivity index (χ3n) is 3.67. The molecule has 2 N–H and O–H groups in total. The van der Waals surface area contributed by atoms with E-state index in [1.54, 1.807) is 11.3 Å². The Kier molecular flexibility index (Phi) is 9.06. The second-order valence-electron chi connectivity index (χ2n) is 5.35. The minimum absolute atomic E-state index is 0.706. The first kappa shape index (κ1) is 18.0. The van der Waals surface area contributed by atoms with Crippen molar-refractivity contribution in [3.05, 3.63) is 16.1 Å². The van der Waals surface area contributed by atoms with Gasteiger partial charge in [-0.15, -0.1) is 11.3 Å². The Labute approximate surface area is 133 Å². The Bertz CT molecular complexity index is 414. The topological polar surface area (TPSA) is 49.3 Å². The smallest absolute Gasteiger partial charge is 0.191 e. The van der Waals surface area contributed by atoms with Gasteiger partial charge in [-0.25, -0.2) is 9.98 Å². The fourth-order valence-corrected chi connectivity index (χ4v) is 2.86. The first-order chi connectivity index (χ1) is 10.2. The normalized spacial score (nSPS) is 13.2. The van der Waals surface area contributed by atoms with E-state index in [4.69, 9.17) is 0 Å². The zero-order valence-corrected chi connectivity index (χ0v) is 14.7. The molecule has 1 unspecified atom stereocenters. The first-order valence-corrected chi connectivity index (χ1v) is 9.00. The molecule has 0 aliphatic carbocycles. The van der Waals surface area contributed by atoms with Crippen LogP contribution in [-0.2, 0) is 6.54 Å². The van der Waals surface area contributed by atoms with Crippen molar-refractivity contribution in [3.8, 4) is 0 Å². The molecule has 0 radical (unpaired) electrons. The molecule has 0 spiro atoms. The lowest BCUT2D eigenvalue weighted by atomic mass is 9.99. The van der Waals surface area contributed by atoms with Crippen LogP contribution in [0.4, 0.5) is 0 Å². The molecule has 1 atom stereocenters. The number of hydrogen-bond acceptors (Lipinski definition) is 3. The quantitative estimate of drug-likeness (QED) is 0.540. The lowest BCUT2D eigenvalue weighted by molar-refractivity contribution is 0.443. The summed E-state index contributed by atoms with van der Waals surface area (Å²) in [6, 6.07) is 0. The summed E-state index contributed by atoms with van der Waals surface area (Å²) in [5.74, 6) is 1.65. The number of nitrogens with zero attached hydrogens (tertiary/aromatic N) is 2. The van der Waals surface area contributed by atoms with Crippen molar-refractivity contribution < 1.29 is 0 Å². The molecular weight excluding hydrogens is 280 g/mol. The van der Waals surface area contributed by atoms with Crippen LogP contribution in [0.15, 0.2) is 10.5 Å². The predicted molar refractivity (Wildman–Crippen MR) is 93.0 cm³/mol. The molecule has 0 fully saturated rings. The van der Waals surface area contributed by atoms with Crippen molar-refractivity contribution in [1.29, 1.82) is 0 Å². The summed E-state index contributed by atoms with van der Waals surface area (Å²) >= 11 is 1.68. The van der Waals surface area contributed by atoms with Crippen LogP contribution in [0.3, 0.4) is 0 Å². The molecule has 0 aliphatic rings. The lowest BCUT2D eigenvalue weighted by Gasteiger charge is -2.17. The summed E-state index contributed by atoms with van der Waals surface area (Å²) in [6.07, 6.45) is 5.11. The molecule has 1 heterocycles. The SMILES string of the molecule is CCCCC(CC)CNC(=NCc1scnc1C)NCC. The minimum Gasteiger partial charge on any atom is -0.357 e. The van der Waals surface area contributed by atoms with E-state index in [1.807, 2.05) is 12.4 Å². The standard InChI is InChI=1S/C16H30N4S/c1-5-8-9-14(6-2)10-18-16(17-7-3)19-11-15-13(4)20-12-21-15/h12,14H,5-11H2,1-4H3,(H2,17,18,19). The number of aliphatic imine (C=N–C) groups is 1. The average Bonchev–Trinajstić information content (AvgIpc) is 2.90. The zero-order chi connectivity index (χ0) is 15.5. The second kappa shape index (κ2) is 10.6. The van der Waals surface area contributed by atoms with Gasteiger partial charge in [0.05, 0.1) is 17.7 Å². The van der Waals surface area contributed by atoms with Crippen molar-refractivity contribution in [3.63, 3.8) is 0 Å². The number of aryl methyl sites for hydroxylation is 1. The first-order valence-electron chi connectivity index (χ1n) is 8.12. The third kappa shape index (κ3) is 6.93. The number of aromatic nitrogens is 1. The zero-order valence-electron chi connectivity index (χ0n) is 13.9. The number of rotatable bonds is 9. The highest BCUT2D eigenvalue weighted by atomic mass is 32.1. The van der Waals surface area contributed by atoms with Gasteiger partial charge in [0.2, 0.25) is 0 Å². The average molecular weight is 311 g/mol. The summed E-state index contributed by atoms with van der Waals surface area (Å²) in [5.41, 5.74) is 2.98. The minimum atomic E-state index is 0.706. The van der Waals surface area contributed by atoms with Crippen LogP contribution in [0.2, 0.25) is 0 Å². The summed E-state index contributed by atoms with van der Waals surface area (Å²) in [7, 11) is 0. The summed E-state index contributed by atoms with van der Waals surface area (Å²) in [4.78, 5) is 10.2. The highest BCUT2D eigenvalue weighted by Gasteiger charge is 2.07. The molecule has 0 aliphatic heterocycles. The van der Waals surface area contributed by atoms with Crippen LogP contribution in [0.1, 0.15) is 57.0 Å². The van der Waals surface area contributed by atoms with Crippen LogP contribution in [0.5, 0.6) is 0 Å². The molecule has 1 aromatic rings. The van der Waals surface area contributed by atoms with E-state index in [2.05, 4.69) is 41.4 Å². The van der Waals surface area contributed by atoms with Gasteiger partial charge in [-0.1, -0.05) is 33.1 Å². The number of thiazole rings is 1. The molecule has 0 saturated heterocycles. The fourth-order valence-electron chi connectivity index (χ4n) is 2.15.